The van der Waals surface area contributed by atoms with E-state index in [1.807, 2.05) is 6.92 Å². The van der Waals surface area contributed by atoms with Crippen LogP contribution in [0, 0.1) is 17.0 Å². The van der Waals surface area contributed by atoms with E-state index in [1.165, 1.54) is 12.1 Å². The molecular weight excluding hydrogens is 260 g/mol. The quantitative estimate of drug-likeness (QED) is 0.430. The second-order valence-corrected chi connectivity index (χ2v) is 4.31. The number of nitrogen functional groups attached to an aromatic ring is 1. The van der Waals surface area contributed by atoms with Crippen LogP contribution in [-0.4, -0.2) is 24.5 Å². The monoisotopic (exact) mass is 270 g/mol. The fourth-order valence-corrected chi connectivity index (χ4v) is 1.93. The van der Waals surface area contributed by atoms with Crippen molar-refractivity contribution < 1.29 is 4.92 Å². The first kappa shape index (κ1) is 12.0. The van der Waals surface area contributed by atoms with Crippen LogP contribution in [0.3, 0.4) is 0 Å². The van der Waals surface area contributed by atoms with Crippen molar-refractivity contribution in [3.8, 4) is 11.4 Å². The van der Waals surface area contributed by atoms with Gasteiger partial charge in [-0.1, -0.05) is 0 Å². The minimum Gasteiger partial charge on any atom is -0.393 e. The summed E-state index contributed by atoms with van der Waals surface area (Å²) in [5, 5.41) is 19.0. The van der Waals surface area contributed by atoms with Gasteiger partial charge in [-0.2, -0.15) is 0 Å². The molecular formula is C12H10N6O2. The normalized spacial score (nSPS) is 10.8. The van der Waals surface area contributed by atoms with E-state index in [9.17, 15) is 10.1 Å². The number of nitrogens with two attached hydrogens (primary N) is 1. The van der Waals surface area contributed by atoms with Crippen LogP contribution in [0.1, 0.15) is 5.69 Å². The van der Waals surface area contributed by atoms with Gasteiger partial charge in [0.15, 0.2) is 11.5 Å². The lowest BCUT2D eigenvalue weighted by atomic mass is 10.1. The highest BCUT2D eigenvalue weighted by Gasteiger charge is 2.16. The first-order valence-corrected chi connectivity index (χ1v) is 5.78. The first-order chi connectivity index (χ1) is 9.56. The molecule has 0 radical (unpaired) electrons. The van der Waals surface area contributed by atoms with Crippen molar-refractivity contribution in [2.24, 2.45) is 0 Å². The molecule has 2 aromatic heterocycles. The highest BCUT2D eigenvalue weighted by Crippen LogP contribution is 2.27. The number of hydrogen-bond donors (Lipinski definition) is 1. The molecule has 1 aromatic carbocycles. The molecule has 8 nitrogen and oxygen atoms in total. The van der Waals surface area contributed by atoms with Gasteiger partial charge in [0, 0.05) is 23.4 Å². The average Bonchev–Trinajstić information content (AvgIpc) is 2.82. The second-order valence-electron chi connectivity index (χ2n) is 4.31. The first-order valence-electron chi connectivity index (χ1n) is 5.78. The molecule has 0 amide bonds. The zero-order valence-electron chi connectivity index (χ0n) is 10.5. The van der Waals surface area contributed by atoms with Crippen LogP contribution in [0.15, 0.2) is 30.6 Å². The van der Waals surface area contributed by atoms with Crippen molar-refractivity contribution in [1.29, 1.82) is 0 Å². The number of nitrogens with zero attached hydrogens (tertiary/aromatic N) is 5. The standard InChI is InChI=1S/C12H10N6O2/c1-7-4-11-15-16-12(17(11)6-14-7)8-2-3-9(13)10(5-8)18(19)20/h2-6H,13H2,1H3. The Morgan fingerprint density at radius 1 is 1.30 bits per heavy atom. The summed E-state index contributed by atoms with van der Waals surface area (Å²) < 4.78 is 1.67. The lowest BCUT2D eigenvalue weighted by Crippen LogP contribution is -1.97. The molecule has 0 aliphatic carbocycles. The van der Waals surface area contributed by atoms with Crippen molar-refractivity contribution >= 4 is 17.0 Å². The van der Waals surface area contributed by atoms with Crippen LogP contribution >= 0.6 is 0 Å². The molecule has 0 atom stereocenters. The minimum absolute atomic E-state index is 0.113. The second kappa shape index (κ2) is 4.26. The van der Waals surface area contributed by atoms with Crippen molar-refractivity contribution in [3.05, 3.63) is 46.4 Å². The summed E-state index contributed by atoms with van der Waals surface area (Å²) in [7, 11) is 0. The van der Waals surface area contributed by atoms with Crippen LogP contribution in [0.2, 0.25) is 0 Å². The molecule has 3 aromatic rings. The number of anilines is 1. The summed E-state index contributed by atoms with van der Waals surface area (Å²) in [5.74, 6) is 0.482. The molecule has 0 fully saturated rings. The van der Waals surface area contributed by atoms with Crippen molar-refractivity contribution in [2.45, 2.75) is 6.92 Å². The molecule has 2 N–H and O–H groups in total. The zero-order chi connectivity index (χ0) is 14.3. The van der Waals surface area contributed by atoms with Gasteiger partial charge in [-0.25, -0.2) is 4.98 Å². The molecule has 0 aliphatic rings. The number of nitro groups is 1. The Bertz CT molecular complexity index is 826. The Hall–Kier alpha value is -3.03. The van der Waals surface area contributed by atoms with Gasteiger partial charge in [0.1, 0.15) is 12.0 Å². The van der Waals surface area contributed by atoms with E-state index >= 15 is 0 Å². The van der Waals surface area contributed by atoms with Gasteiger partial charge < -0.3 is 5.73 Å². The Morgan fingerprint density at radius 3 is 2.85 bits per heavy atom. The molecule has 0 saturated heterocycles. The Kier molecular flexibility index (Phi) is 2.56. The van der Waals surface area contributed by atoms with E-state index in [0.717, 1.165) is 5.69 Å². The van der Waals surface area contributed by atoms with E-state index < -0.39 is 4.92 Å². The molecule has 8 heteroatoms. The van der Waals surface area contributed by atoms with Crippen molar-refractivity contribution in [3.63, 3.8) is 0 Å². The van der Waals surface area contributed by atoms with Gasteiger partial charge >= 0.3 is 0 Å². The topological polar surface area (TPSA) is 112 Å². The van der Waals surface area contributed by atoms with Crippen molar-refractivity contribution in [1.82, 2.24) is 19.6 Å². The zero-order valence-corrected chi connectivity index (χ0v) is 10.5. The maximum Gasteiger partial charge on any atom is 0.292 e. The third-order valence-corrected chi connectivity index (χ3v) is 2.92. The lowest BCUT2D eigenvalue weighted by Gasteiger charge is -2.02. The number of aryl methyl sites for hydroxylation is 1. The smallest absolute Gasteiger partial charge is 0.292 e. The number of aromatic nitrogens is 4. The number of rotatable bonds is 2. The summed E-state index contributed by atoms with van der Waals surface area (Å²) in [6, 6.07) is 6.31. The van der Waals surface area contributed by atoms with Gasteiger partial charge in [-0.3, -0.25) is 14.5 Å². The SMILES string of the molecule is Cc1cc2nnc(-c3ccc(N)c([N+](=O)[O-])c3)n2cn1. The maximum atomic E-state index is 10.9. The molecule has 0 aliphatic heterocycles. The van der Waals surface area contributed by atoms with E-state index in [-0.39, 0.29) is 11.4 Å². The number of nitro benzene ring substituents is 1. The summed E-state index contributed by atoms with van der Waals surface area (Å²) in [4.78, 5) is 14.6. The van der Waals surface area contributed by atoms with E-state index in [1.54, 1.807) is 22.9 Å². The van der Waals surface area contributed by atoms with Crippen LogP contribution in [0.4, 0.5) is 11.4 Å². The number of fused-ring (bicyclic) bond motifs is 1. The fraction of sp³-hybridized carbons (Fsp3) is 0.0833. The molecule has 3 rings (SSSR count). The van der Waals surface area contributed by atoms with Gasteiger partial charge in [0.2, 0.25) is 0 Å². The third-order valence-electron chi connectivity index (χ3n) is 2.92. The Morgan fingerprint density at radius 2 is 2.10 bits per heavy atom. The molecule has 0 bridgehead atoms. The molecule has 2 heterocycles. The van der Waals surface area contributed by atoms with Gasteiger partial charge in [-0.05, 0) is 19.1 Å². The van der Waals surface area contributed by atoms with Gasteiger partial charge in [0.05, 0.1) is 4.92 Å². The fourth-order valence-electron chi connectivity index (χ4n) is 1.93. The van der Waals surface area contributed by atoms with Gasteiger partial charge in [0.25, 0.3) is 5.69 Å². The van der Waals surface area contributed by atoms with Crippen LogP contribution in [0.25, 0.3) is 17.0 Å². The maximum absolute atomic E-state index is 10.9. The third kappa shape index (κ3) is 1.83. The van der Waals surface area contributed by atoms with E-state index in [0.29, 0.717) is 17.0 Å². The lowest BCUT2D eigenvalue weighted by molar-refractivity contribution is -0.383. The number of hydrogen-bond acceptors (Lipinski definition) is 6. The summed E-state index contributed by atoms with van der Waals surface area (Å²) >= 11 is 0. The molecule has 0 saturated carbocycles. The largest absolute Gasteiger partial charge is 0.393 e. The van der Waals surface area contributed by atoms with E-state index in [2.05, 4.69) is 15.2 Å². The summed E-state index contributed by atoms with van der Waals surface area (Å²) in [5.41, 5.74) is 7.55. The van der Waals surface area contributed by atoms with Gasteiger partial charge in [-0.15, -0.1) is 10.2 Å². The Labute approximate surface area is 113 Å². The molecule has 0 unspecified atom stereocenters. The number of benzene rings is 1. The van der Waals surface area contributed by atoms with Crippen LogP contribution < -0.4 is 5.73 Å². The molecule has 0 spiro atoms. The van der Waals surface area contributed by atoms with Crippen molar-refractivity contribution in [2.75, 3.05) is 5.73 Å². The predicted molar refractivity (Wildman–Crippen MR) is 72.0 cm³/mol. The minimum atomic E-state index is -0.523. The summed E-state index contributed by atoms with van der Waals surface area (Å²) in [6.07, 6.45) is 1.59. The highest BCUT2D eigenvalue weighted by atomic mass is 16.6. The molecule has 100 valence electrons. The van der Waals surface area contributed by atoms with Crippen LogP contribution in [0.5, 0.6) is 0 Å². The predicted octanol–water partition coefficient (Wildman–Crippen LogP) is 1.59. The summed E-state index contributed by atoms with van der Waals surface area (Å²) in [6.45, 7) is 1.85. The van der Waals surface area contributed by atoms with Crippen LogP contribution in [-0.2, 0) is 0 Å². The Balaban J connectivity index is 2.21. The van der Waals surface area contributed by atoms with E-state index in [4.69, 9.17) is 5.73 Å². The highest BCUT2D eigenvalue weighted by molar-refractivity contribution is 5.69. The molecule has 20 heavy (non-hydrogen) atoms. The average molecular weight is 270 g/mol.